The summed E-state index contributed by atoms with van der Waals surface area (Å²) < 4.78 is 0. The Kier molecular flexibility index (Phi) is 5.85. The highest BCUT2D eigenvalue weighted by atomic mass is 35.5. The van der Waals surface area contributed by atoms with E-state index in [2.05, 4.69) is 10.3 Å². The molecule has 0 saturated carbocycles. The lowest BCUT2D eigenvalue weighted by Crippen LogP contribution is -2.41. The maximum Gasteiger partial charge on any atom is 0.126 e. The number of nitrogens with one attached hydrogen (secondary N) is 2. The van der Waals surface area contributed by atoms with Crippen LogP contribution in [-0.2, 0) is 0 Å². The summed E-state index contributed by atoms with van der Waals surface area (Å²) in [6.07, 6.45) is 1.46. The molecule has 6 N–H and O–H groups in total. The van der Waals surface area contributed by atoms with Crippen molar-refractivity contribution >= 4 is 24.1 Å². The van der Waals surface area contributed by atoms with Crippen molar-refractivity contribution in [1.82, 2.24) is 4.98 Å². The number of halogens is 1. The smallest absolute Gasteiger partial charge is 0.126 e. The van der Waals surface area contributed by atoms with E-state index in [1.807, 2.05) is 6.07 Å². The van der Waals surface area contributed by atoms with Crippen LogP contribution in [0, 0.1) is 16.7 Å². The van der Waals surface area contributed by atoms with E-state index in [0.29, 0.717) is 17.9 Å². The van der Waals surface area contributed by atoms with Crippen LogP contribution < -0.4 is 16.8 Å². The van der Waals surface area contributed by atoms with Gasteiger partial charge in [-0.3, -0.25) is 5.41 Å². The largest absolute Gasteiger partial charge is 0.386 e. The third kappa shape index (κ3) is 4.13. The Morgan fingerprint density at radius 2 is 2.31 bits per heavy atom. The molecule has 0 aliphatic carbocycles. The number of nitriles is 1. The Labute approximate surface area is 99.6 Å². The normalized spacial score (nSPS) is 10.8. The van der Waals surface area contributed by atoms with Crippen molar-refractivity contribution < 1.29 is 0 Å². The average molecular weight is 241 g/mol. The zero-order valence-electron chi connectivity index (χ0n) is 8.47. The van der Waals surface area contributed by atoms with Crippen LogP contribution in [0.4, 0.5) is 5.82 Å². The summed E-state index contributed by atoms with van der Waals surface area (Å²) in [4.78, 5) is 3.98. The number of hydrogen-bond acceptors (Lipinski definition) is 5. The average Bonchev–Trinajstić information content (AvgIpc) is 2.26. The molecule has 86 valence electrons. The van der Waals surface area contributed by atoms with Crippen LogP contribution in [0.5, 0.6) is 0 Å². The lowest BCUT2D eigenvalue weighted by molar-refractivity contribution is 0.877. The van der Waals surface area contributed by atoms with Gasteiger partial charge in [0.05, 0.1) is 11.6 Å². The number of anilines is 1. The molecule has 1 aromatic rings. The fourth-order valence-corrected chi connectivity index (χ4v) is 0.889. The second-order valence-electron chi connectivity index (χ2n) is 2.99. The molecule has 1 unspecified atom stereocenters. The van der Waals surface area contributed by atoms with E-state index in [9.17, 15) is 0 Å². The zero-order valence-corrected chi connectivity index (χ0v) is 9.29. The maximum atomic E-state index is 8.54. The van der Waals surface area contributed by atoms with Gasteiger partial charge in [-0.2, -0.15) is 5.26 Å². The Hall–Kier alpha value is -1.84. The summed E-state index contributed by atoms with van der Waals surface area (Å²) in [5.74, 6) is 0.529. The number of nitrogens with zero attached hydrogens (tertiary/aromatic N) is 2. The Balaban J connectivity index is 0.00000225. The van der Waals surface area contributed by atoms with Gasteiger partial charge in [-0.1, -0.05) is 0 Å². The van der Waals surface area contributed by atoms with E-state index in [4.69, 9.17) is 22.1 Å². The SMILES string of the molecule is Cl.N#Cc1ccc(NCC(N)C(=N)N)nc1. The molecule has 1 atom stereocenters. The molecule has 0 amide bonds. The number of pyridine rings is 1. The van der Waals surface area contributed by atoms with E-state index >= 15 is 0 Å². The van der Waals surface area contributed by atoms with Gasteiger partial charge in [0, 0.05) is 12.7 Å². The Bertz CT molecular complexity index is 382. The minimum atomic E-state index is -0.526. The number of hydrogen-bond donors (Lipinski definition) is 4. The predicted molar refractivity (Wildman–Crippen MR) is 64.6 cm³/mol. The second kappa shape index (κ2) is 6.61. The monoisotopic (exact) mass is 240 g/mol. The van der Waals surface area contributed by atoms with Crippen LogP contribution in [0.25, 0.3) is 0 Å². The molecule has 0 aliphatic heterocycles. The third-order valence-electron chi connectivity index (χ3n) is 1.80. The number of aromatic nitrogens is 1. The number of nitrogens with two attached hydrogens (primary N) is 2. The lowest BCUT2D eigenvalue weighted by atomic mass is 10.3. The molecule has 7 heteroatoms. The van der Waals surface area contributed by atoms with E-state index in [1.54, 1.807) is 12.1 Å². The van der Waals surface area contributed by atoms with Crippen molar-refractivity contribution in [2.24, 2.45) is 11.5 Å². The first-order valence-electron chi connectivity index (χ1n) is 4.33. The minimum Gasteiger partial charge on any atom is -0.386 e. The van der Waals surface area contributed by atoms with Crippen molar-refractivity contribution in [1.29, 1.82) is 10.7 Å². The molecular formula is C9H13ClN6. The molecule has 1 aromatic heterocycles. The van der Waals surface area contributed by atoms with Crippen molar-refractivity contribution in [3.63, 3.8) is 0 Å². The van der Waals surface area contributed by atoms with E-state index in [-0.39, 0.29) is 18.2 Å². The summed E-state index contributed by atoms with van der Waals surface area (Å²) in [6, 6.07) is 4.76. The van der Waals surface area contributed by atoms with Crippen LogP contribution in [0.15, 0.2) is 18.3 Å². The summed E-state index contributed by atoms with van der Waals surface area (Å²) in [6.45, 7) is 0.342. The fourth-order valence-electron chi connectivity index (χ4n) is 0.889. The van der Waals surface area contributed by atoms with Gasteiger partial charge in [0.15, 0.2) is 0 Å². The first kappa shape index (κ1) is 14.2. The van der Waals surface area contributed by atoms with Crippen molar-refractivity contribution in [3.05, 3.63) is 23.9 Å². The van der Waals surface area contributed by atoms with Gasteiger partial charge in [-0.25, -0.2) is 4.98 Å². The molecule has 1 rings (SSSR count). The number of amidine groups is 1. The third-order valence-corrected chi connectivity index (χ3v) is 1.80. The molecule has 0 aliphatic rings. The van der Waals surface area contributed by atoms with Gasteiger partial charge in [-0.05, 0) is 12.1 Å². The molecule has 0 fully saturated rings. The van der Waals surface area contributed by atoms with Crippen LogP contribution in [0.3, 0.4) is 0 Å². The highest BCUT2D eigenvalue weighted by molar-refractivity contribution is 5.85. The molecule has 0 spiro atoms. The molecule has 0 aromatic carbocycles. The fraction of sp³-hybridized carbons (Fsp3) is 0.222. The molecule has 1 heterocycles. The molecule has 0 radical (unpaired) electrons. The van der Waals surface area contributed by atoms with Gasteiger partial charge in [0.25, 0.3) is 0 Å². The second-order valence-corrected chi connectivity index (χ2v) is 2.99. The molecule has 6 nitrogen and oxygen atoms in total. The maximum absolute atomic E-state index is 8.54. The summed E-state index contributed by atoms with van der Waals surface area (Å²) >= 11 is 0. The highest BCUT2D eigenvalue weighted by Crippen LogP contribution is 2.03. The first-order valence-corrected chi connectivity index (χ1v) is 4.33. The van der Waals surface area contributed by atoms with Crippen LogP contribution >= 0.6 is 12.4 Å². The summed E-state index contributed by atoms with van der Waals surface area (Å²) in [7, 11) is 0. The van der Waals surface area contributed by atoms with E-state index in [1.165, 1.54) is 6.20 Å². The van der Waals surface area contributed by atoms with Crippen LogP contribution in [-0.4, -0.2) is 23.4 Å². The van der Waals surface area contributed by atoms with Crippen molar-refractivity contribution in [2.75, 3.05) is 11.9 Å². The van der Waals surface area contributed by atoms with Gasteiger partial charge in [-0.15, -0.1) is 12.4 Å². The quantitative estimate of drug-likeness (QED) is 0.437. The van der Waals surface area contributed by atoms with Crippen molar-refractivity contribution in [2.45, 2.75) is 6.04 Å². The summed E-state index contributed by atoms with van der Waals surface area (Å²) in [5, 5.41) is 18.5. The van der Waals surface area contributed by atoms with Crippen LogP contribution in [0.2, 0.25) is 0 Å². The summed E-state index contributed by atoms with van der Waals surface area (Å²) in [5.41, 5.74) is 11.2. The van der Waals surface area contributed by atoms with Gasteiger partial charge >= 0.3 is 0 Å². The molecule has 0 saturated heterocycles. The van der Waals surface area contributed by atoms with Crippen molar-refractivity contribution in [3.8, 4) is 6.07 Å². The van der Waals surface area contributed by atoms with Gasteiger partial charge in [0.2, 0.25) is 0 Å². The van der Waals surface area contributed by atoms with E-state index < -0.39 is 6.04 Å². The predicted octanol–water partition coefficient (Wildman–Crippen LogP) is 0.0502. The minimum absolute atomic E-state index is 0. The number of rotatable bonds is 4. The van der Waals surface area contributed by atoms with E-state index in [0.717, 1.165) is 0 Å². The zero-order chi connectivity index (χ0) is 11.3. The highest BCUT2D eigenvalue weighted by Gasteiger charge is 2.04. The molecule has 16 heavy (non-hydrogen) atoms. The van der Waals surface area contributed by atoms with Gasteiger partial charge in [0.1, 0.15) is 17.7 Å². The molecule has 0 bridgehead atoms. The Morgan fingerprint density at radius 1 is 1.62 bits per heavy atom. The standard InChI is InChI=1S/C9H12N6.ClH/c10-3-6-1-2-8(14-4-6)15-5-7(11)9(12)13;/h1-2,4,7H,5,11H2,(H3,12,13)(H,14,15);1H. The topological polar surface area (TPSA) is 125 Å². The Morgan fingerprint density at radius 3 is 2.75 bits per heavy atom. The lowest BCUT2D eigenvalue weighted by Gasteiger charge is -2.10. The van der Waals surface area contributed by atoms with Gasteiger partial charge < -0.3 is 16.8 Å². The molecular weight excluding hydrogens is 228 g/mol. The van der Waals surface area contributed by atoms with Crippen LogP contribution in [0.1, 0.15) is 5.56 Å². The first-order chi connectivity index (χ1) is 7.13.